The van der Waals surface area contributed by atoms with Crippen molar-refractivity contribution >= 4 is 32.3 Å². The zero-order valence-corrected chi connectivity index (χ0v) is 16.7. The molecule has 0 aliphatic carbocycles. The van der Waals surface area contributed by atoms with Crippen molar-refractivity contribution in [3.05, 3.63) is 64.2 Å². The highest BCUT2D eigenvalue weighted by Gasteiger charge is 2.22. The van der Waals surface area contributed by atoms with E-state index in [1.54, 1.807) is 34.3 Å². The number of fused-ring (bicyclic) bond motifs is 2. The summed E-state index contributed by atoms with van der Waals surface area (Å²) in [5, 5.41) is 22.1. The lowest BCUT2D eigenvalue weighted by Gasteiger charge is -2.07. The number of rotatable bonds is 3. The van der Waals surface area contributed by atoms with Gasteiger partial charge in [-0.3, -0.25) is 9.48 Å². The van der Waals surface area contributed by atoms with Crippen LogP contribution < -0.4 is 11.3 Å². The van der Waals surface area contributed by atoms with Crippen LogP contribution in [-0.2, 0) is 13.6 Å². The van der Waals surface area contributed by atoms with Gasteiger partial charge in [0.25, 0.3) is 5.56 Å². The smallest absolute Gasteiger partial charge is 0.273 e. The average molecular weight is 413 g/mol. The van der Waals surface area contributed by atoms with Gasteiger partial charge >= 0.3 is 0 Å². The van der Waals surface area contributed by atoms with Crippen molar-refractivity contribution in [1.82, 2.24) is 25.0 Å². The van der Waals surface area contributed by atoms with Crippen LogP contribution in [0.2, 0.25) is 0 Å². The minimum absolute atomic E-state index is 0.151. The van der Waals surface area contributed by atoms with Gasteiger partial charge in [-0.15, -0.1) is 11.3 Å². The number of nitrogens with two attached hydrogens (primary N) is 1. The summed E-state index contributed by atoms with van der Waals surface area (Å²) in [5.41, 5.74) is 9.26. The van der Waals surface area contributed by atoms with E-state index in [1.807, 2.05) is 31.3 Å². The molecule has 0 aliphatic heterocycles. The zero-order chi connectivity index (χ0) is 20.8. The predicted molar refractivity (Wildman–Crippen MR) is 116 cm³/mol. The number of aryl methyl sites for hydroxylation is 1. The molecule has 146 valence electrons. The molecule has 1 aromatic carbocycles. The number of aromatic amines is 1. The average Bonchev–Trinajstić information content (AvgIpc) is 3.33. The molecule has 8 nitrogen and oxygen atoms in total. The van der Waals surface area contributed by atoms with Crippen LogP contribution in [0, 0.1) is 11.3 Å². The van der Waals surface area contributed by atoms with Gasteiger partial charge in [0.1, 0.15) is 17.3 Å². The molecule has 4 heterocycles. The number of pyridine rings is 1. The van der Waals surface area contributed by atoms with Crippen molar-refractivity contribution in [2.24, 2.45) is 12.8 Å². The summed E-state index contributed by atoms with van der Waals surface area (Å²) in [5.74, 6) is 0. The van der Waals surface area contributed by atoms with E-state index in [4.69, 9.17) is 10.7 Å². The molecule has 0 bridgehead atoms. The number of H-pyrrole nitrogens is 1. The van der Waals surface area contributed by atoms with E-state index < -0.39 is 0 Å². The number of nitriles is 1. The topological polar surface area (TPSA) is 126 Å². The number of hydrogen-bond acceptors (Lipinski definition) is 7. The first-order valence-corrected chi connectivity index (χ1v) is 9.96. The van der Waals surface area contributed by atoms with Gasteiger partial charge in [0.2, 0.25) is 0 Å². The fourth-order valence-corrected chi connectivity index (χ4v) is 4.85. The van der Waals surface area contributed by atoms with Crippen LogP contribution in [0.15, 0.2) is 47.4 Å². The molecule has 0 spiro atoms. The van der Waals surface area contributed by atoms with Gasteiger partial charge in [0.15, 0.2) is 0 Å². The summed E-state index contributed by atoms with van der Waals surface area (Å²) in [6.45, 7) is 0.151. The molecule has 5 rings (SSSR count). The maximum absolute atomic E-state index is 12.1. The van der Waals surface area contributed by atoms with Crippen molar-refractivity contribution in [3.8, 4) is 27.9 Å². The maximum Gasteiger partial charge on any atom is 0.273 e. The van der Waals surface area contributed by atoms with E-state index in [0.29, 0.717) is 27.9 Å². The summed E-state index contributed by atoms with van der Waals surface area (Å²) in [6, 6.07) is 13.7. The Morgan fingerprint density at radius 1 is 1.23 bits per heavy atom. The third kappa shape index (κ3) is 2.62. The van der Waals surface area contributed by atoms with Crippen molar-refractivity contribution in [2.75, 3.05) is 0 Å². The fourth-order valence-electron chi connectivity index (χ4n) is 3.60. The minimum atomic E-state index is -0.316. The molecule has 0 amide bonds. The maximum atomic E-state index is 12.1. The molecule has 0 saturated carbocycles. The lowest BCUT2D eigenvalue weighted by molar-refractivity contribution is 0.777. The van der Waals surface area contributed by atoms with Crippen LogP contribution in [0.3, 0.4) is 0 Å². The Morgan fingerprint density at radius 3 is 2.87 bits per heavy atom. The summed E-state index contributed by atoms with van der Waals surface area (Å²) < 4.78 is 2.77. The Morgan fingerprint density at radius 2 is 2.07 bits per heavy atom. The number of nitrogens with zero attached hydrogens (tertiary/aromatic N) is 5. The van der Waals surface area contributed by atoms with E-state index in [-0.39, 0.29) is 12.1 Å². The highest BCUT2D eigenvalue weighted by molar-refractivity contribution is 7.22. The third-order valence-electron chi connectivity index (χ3n) is 5.04. The molecular weight excluding hydrogens is 398 g/mol. The molecular formula is C21H15N7OS. The van der Waals surface area contributed by atoms with Gasteiger partial charge in [0.05, 0.1) is 33.4 Å². The summed E-state index contributed by atoms with van der Waals surface area (Å²) in [7, 11) is 1.84. The predicted octanol–water partition coefficient (Wildman–Crippen LogP) is 2.93. The van der Waals surface area contributed by atoms with E-state index in [2.05, 4.69) is 21.4 Å². The first-order chi connectivity index (χ1) is 14.6. The van der Waals surface area contributed by atoms with Gasteiger partial charge in [-0.05, 0) is 18.2 Å². The fraction of sp³-hybridized carbons (Fsp3) is 0.0952. The quantitative estimate of drug-likeness (QED) is 0.468. The van der Waals surface area contributed by atoms with E-state index >= 15 is 0 Å². The van der Waals surface area contributed by atoms with Crippen LogP contribution in [-0.4, -0.2) is 25.0 Å². The zero-order valence-electron chi connectivity index (χ0n) is 15.9. The van der Waals surface area contributed by atoms with Crippen LogP contribution >= 0.6 is 11.3 Å². The summed E-state index contributed by atoms with van der Waals surface area (Å²) in [4.78, 5) is 17.6. The van der Waals surface area contributed by atoms with Crippen LogP contribution in [0.25, 0.3) is 42.8 Å². The lowest BCUT2D eigenvalue weighted by Crippen LogP contribution is -2.14. The Hall–Kier alpha value is -3.87. The van der Waals surface area contributed by atoms with Gasteiger partial charge in [-0.25, -0.2) is 10.1 Å². The Balaban J connectivity index is 1.79. The Kier molecular flexibility index (Phi) is 4.17. The molecule has 3 N–H and O–H groups in total. The van der Waals surface area contributed by atoms with Crippen molar-refractivity contribution in [1.29, 1.82) is 5.26 Å². The van der Waals surface area contributed by atoms with Crippen LogP contribution in [0.5, 0.6) is 0 Å². The highest BCUT2D eigenvalue weighted by Crippen LogP contribution is 2.41. The van der Waals surface area contributed by atoms with E-state index in [1.165, 1.54) is 0 Å². The summed E-state index contributed by atoms with van der Waals surface area (Å²) in [6.07, 6.45) is 1.72. The van der Waals surface area contributed by atoms with E-state index in [9.17, 15) is 10.1 Å². The molecule has 0 radical (unpaired) electrons. The first kappa shape index (κ1) is 18.2. The molecule has 0 saturated heterocycles. The lowest BCUT2D eigenvalue weighted by atomic mass is 10.1. The van der Waals surface area contributed by atoms with Crippen molar-refractivity contribution in [3.63, 3.8) is 0 Å². The highest BCUT2D eigenvalue weighted by atomic mass is 32.1. The van der Waals surface area contributed by atoms with Gasteiger partial charge in [-0.2, -0.15) is 15.5 Å². The summed E-state index contributed by atoms with van der Waals surface area (Å²) >= 11 is 1.54. The molecule has 9 heteroatoms. The van der Waals surface area contributed by atoms with Gasteiger partial charge < -0.3 is 5.73 Å². The minimum Gasteiger partial charge on any atom is -0.325 e. The third-order valence-corrected chi connectivity index (χ3v) is 6.21. The first-order valence-electron chi connectivity index (χ1n) is 9.15. The second-order valence-electron chi connectivity index (χ2n) is 6.74. The SMILES string of the molecule is Cn1ncc(-c2ccc3c(=O)[nH]nc(CN)c3n2)c1-c1sc2ccccc2c1C#N. The largest absolute Gasteiger partial charge is 0.325 e. The molecule has 30 heavy (non-hydrogen) atoms. The van der Waals surface area contributed by atoms with E-state index in [0.717, 1.165) is 26.2 Å². The number of thiophene rings is 1. The number of aromatic nitrogens is 5. The molecule has 0 unspecified atom stereocenters. The molecule has 0 aliphatic rings. The number of hydrogen-bond donors (Lipinski definition) is 2. The second kappa shape index (κ2) is 6.88. The molecule has 5 aromatic rings. The second-order valence-corrected chi connectivity index (χ2v) is 7.79. The molecule has 0 atom stereocenters. The number of benzene rings is 1. The van der Waals surface area contributed by atoms with Crippen LogP contribution in [0.4, 0.5) is 0 Å². The van der Waals surface area contributed by atoms with Crippen LogP contribution in [0.1, 0.15) is 11.3 Å². The molecule has 0 fully saturated rings. The standard InChI is InChI=1S/C21H15N7OS/c1-28-19(20-13(8-22)11-4-2-3-5-17(11)30-20)14(10-24-28)15-7-6-12-18(25-15)16(9-23)26-27-21(12)29/h2-7,10H,9,23H2,1H3,(H,27,29). The van der Waals surface area contributed by atoms with Gasteiger partial charge in [-0.1, -0.05) is 18.2 Å². The Labute approximate surface area is 174 Å². The Bertz CT molecular complexity index is 1540. The molecule has 4 aromatic heterocycles. The monoisotopic (exact) mass is 413 g/mol. The van der Waals surface area contributed by atoms with Crippen molar-refractivity contribution in [2.45, 2.75) is 6.54 Å². The normalized spacial score (nSPS) is 11.2. The number of nitrogens with one attached hydrogen (secondary N) is 1. The van der Waals surface area contributed by atoms with Crippen molar-refractivity contribution < 1.29 is 0 Å². The van der Waals surface area contributed by atoms with Gasteiger partial charge in [0, 0.05) is 29.2 Å².